The number of thiophene rings is 1. The van der Waals surface area contributed by atoms with Crippen LogP contribution in [0, 0.1) is 5.82 Å². The Morgan fingerprint density at radius 1 is 1.15 bits per heavy atom. The largest absolute Gasteiger partial charge is 0.494 e. The number of piperazine rings is 1. The minimum absolute atomic E-state index is 0.0766. The van der Waals surface area contributed by atoms with Gasteiger partial charge in [-0.2, -0.15) is 0 Å². The van der Waals surface area contributed by atoms with E-state index in [1.54, 1.807) is 6.07 Å². The Labute approximate surface area is 165 Å². The maximum atomic E-state index is 13.6. The zero-order valence-electron chi connectivity index (χ0n) is 14.7. The third-order valence-electron chi connectivity index (χ3n) is 4.76. The quantitative estimate of drug-likeness (QED) is 0.636. The van der Waals surface area contributed by atoms with E-state index in [2.05, 4.69) is 4.90 Å². The number of nitrogens with zero attached hydrogens (tertiary/aromatic N) is 2. The molecule has 7 heteroatoms. The lowest BCUT2D eigenvalue weighted by Crippen LogP contribution is -2.48. The number of rotatable bonds is 3. The summed E-state index contributed by atoms with van der Waals surface area (Å²) >= 11 is 7.62. The van der Waals surface area contributed by atoms with Crippen molar-refractivity contribution in [2.75, 3.05) is 38.2 Å². The summed E-state index contributed by atoms with van der Waals surface area (Å²) in [6.07, 6.45) is 0. The third-order valence-corrected chi connectivity index (χ3v) is 6.22. The van der Waals surface area contributed by atoms with Gasteiger partial charge in [0.2, 0.25) is 0 Å². The van der Waals surface area contributed by atoms with Gasteiger partial charge in [0.1, 0.15) is 16.4 Å². The van der Waals surface area contributed by atoms with Crippen molar-refractivity contribution in [3.8, 4) is 5.75 Å². The Bertz CT molecular complexity index is 999. The molecule has 0 aliphatic carbocycles. The van der Waals surface area contributed by atoms with Gasteiger partial charge in [0.05, 0.1) is 17.8 Å². The molecule has 27 heavy (non-hydrogen) atoms. The number of para-hydroxylation sites is 1. The molecule has 3 aromatic rings. The van der Waals surface area contributed by atoms with Crippen LogP contribution in [-0.4, -0.2) is 44.1 Å². The first-order valence-corrected chi connectivity index (χ1v) is 9.82. The summed E-state index contributed by atoms with van der Waals surface area (Å²) in [5, 5.41) is 1.35. The molecule has 0 spiro atoms. The van der Waals surface area contributed by atoms with E-state index in [1.807, 2.05) is 29.2 Å². The highest BCUT2D eigenvalue weighted by molar-refractivity contribution is 7.21. The lowest BCUT2D eigenvalue weighted by atomic mass is 10.2. The molecule has 1 fully saturated rings. The van der Waals surface area contributed by atoms with Crippen molar-refractivity contribution in [1.29, 1.82) is 0 Å². The van der Waals surface area contributed by atoms with Crippen molar-refractivity contribution in [1.82, 2.24) is 4.90 Å². The van der Waals surface area contributed by atoms with E-state index in [0.717, 1.165) is 10.4 Å². The molecule has 1 amide bonds. The van der Waals surface area contributed by atoms with Crippen molar-refractivity contribution in [2.24, 2.45) is 0 Å². The molecular weight excluding hydrogens is 387 g/mol. The fourth-order valence-electron chi connectivity index (χ4n) is 3.39. The van der Waals surface area contributed by atoms with E-state index < -0.39 is 0 Å². The van der Waals surface area contributed by atoms with Gasteiger partial charge in [0, 0.05) is 36.3 Å². The Hall–Kier alpha value is -2.31. The summed E-state index contributed by atoms with van der Waals surface area (Å²) in [5.41, 5.74) is 0.987. The second-order valence-corrected chi connectivity index (χ2v) is 7.79. The molecule has 0 unspecified atom stereocenters. The van der Waals surface area contributed by atoms with E-state index in [1.165, 1.54) is 30.6 Å². The standard InChI is InChI=1S/C20H18ClFN2O2S/c1-26-18-14-12-13(22)6-7-17(14)27-19(18)20(25)24-10-8-23(9-11-24)16-5-3-2-4-15(16)21/h2-7,12H,8-11H2,1H3. The van der Waals surface area contributed by atoms with Gasteiger partial charge >= 0.3 is 0 Å². The van der Waals surface area contributed by atoms with E-state index in [-0.39, 0.29) is 11.7 Å². The lowest BCUT2D eigenvalue weighted by Gasteiger charge is -2.36. The first-order chi connectivity index (χ1) is 13.1. The van der Waals surface area contributed by atoms with E-state index in [4.69, 9.17) is 16.3 Å². The van der Waals surface area contributed by atoms with Gasteiger partial charge in [-0.05, 0) is 30.3 Å². The fraction of sp³-hybridized carbons (Fsp3) is 0.250. The number of benzene rings is 2. The number of halogens is 2. The van der Waals surface area contributed by atoms with Crippen molar-refractivity contribution in [3.63, 3.8) is 0 Å². The van der Waals surface area contributed by atoms with Gasteiger partial charge in [-0.3, -0.25) is 4.79 Å². The Morgan fingerprint density at radius 3 is 2.59 bits per heavy atom. The number of hydrogen-bond donors (Lipinski definition) is 0. The Balaban J connectivity index is 1.55. The second-order valence-electron chi connectivity index (χ2n) is 6.34. The number of methoxy groups -OCH3 is 1. The summed E-state index contributed by atoms with van der Waals surface area (Å²) in [6.45, 7) is 2.60. The van der Waals surface area contributed by atoms with E-state index in [0.29, 0.717) is 47.2 Å². The SMILES string of the molecule is COc1c(C(=O)N2CCN(c3ccccc3Cl)CC2)sc2ccc(F)cc12. The van der Waals surface area contributed by atoms with Crippen molar-refractivity contribution in [2.45, 2.75) is 0 Å². The van der Waals surface area contributed by atoms with Gasteiger partial charge in [-0.25, -0.2) is 4.39 Å². The molecule has 0 saturated carbocycles. The van der Waals surface area contributed by atoms with Crippen molar-refractivity contribution < 1.29 is 13.9 Å². The van der Waals surface area contributed by atoms with Crippen LogP contribution in [0.5, 0.6) is 5.75 Å². The molecule has 2 heterocycles. The van der Waals surface area contributed by atoms with Gasteiger partial charge in [-0.15, -0.1) is 11.3 Å². The van der Waals surface area contributed by atoms with Gasteiger partial charge < -0.3 is 14.5 Å². The highest BCUT2D eigenvalue weighted by Crippen LogP contribution is 2.39. The molecule has 1 aliphatic rings. The first kappa shape index (κ1) is 18.1. The van der Waals surface area contributed by atoms with Gasteiger partial charge in [0.25, 0.3) is 5.91 Å². The van der Waals surface area contributed by atoms with Gasteiger partial charge in [0.15, 0.2) is 0 Å². The highest BCUT2D eigenvalue weighted by Gasteiger charge is 2.27. The number of carbonyl (C=O) groups excluding carboxylic acids is 1. The predicted molar refractivity (Wildman–Crippen MR) is 108 cm³/mol. The number of hydrogen-bond acceptors (Lipinski definition) is 4. The Kier molecular flexibility index (Phi) is 4.93. The van der Waals surface area contributed by atoms with Gasteiger partial charge in [-0.1, -0.05) is 23.7 Å². The molecule has 4 rings (SSSR count). The Morgan fingerprint density at radius 2 is 1.89 bits per heavy atom. The number of ether oxygens (including phenoxy) is 1. The first-order valence-electron chi connectivity index (χ1n) is 8.63. The average molecular weight is 405 g/mol. The smallest absolute Gasteiger partial charge is 0.267 e. The highest BCUT2D eigenvalue weighted by atomic mass is 35.5. The van der Waals surface area contributed by atoms with Crippen LogP contribution in [0.2, 0.25) is 5.02 Å². The van der Waals surface area contributed by atoms with Crippen LogP contribution in [0.4, 0.5) is 10.1 Å². The number of anilines is 1. The minimum Gasteiger partial charge on any atom is -0.494 e. The molecule has 0 bridgehead atoms. The van der Waals surface area contributed by atoms with Crippen LogP contribution in [0.15, 0.2) is 42.5 Å². The second kappa shape index (κ2) is 7.37. The number of fused-ring (bicyclic) bond motifs is 1. The molecular formula is C20H18ClFN2O2S. The van der Waals surface area contributed by atoms with Crippen molar-refractivity contribution >= 4 is 44.6 Å². The normalized spacial score (nSPS) is 14.6. The van der Waals surface area contributed by atoms with Crippen LogP contribution in [-0.2, 0) is 0 Å². The third kappa shape index (κ3) is 3.35. The van der Waals surface area contributed by atoms with E-state index in [9.17, 15) is 9.18 Å². The summed E-state index contributed by atoms with van der Waals surface area (Å²) in [7, 11) is 1.51. The molecule has 140 valence electrons. The number of carbonyl (C=O) groups is 1. The molecule has 1 aromatic heterocycles. The maximum Gasteiger partial charge on any atom is 0.267 e. The summed E-state index contributed by atoms with van der Waals surface area (Å²) in [4.78, 5) is 17.6. The zero-order chi connectivity index (χ0) is 19.0. The fourth-order valence-corrected chi connectivity index (χ4v) is 4.77. The molecule has 0 N–H and O–H groups in total. The molecule has 4 nitrogen and oxygen atoms in total. The van der Waals surface area contributed by atoms with E-state index >= 15 is 0 Å². The molecule has 2 aromatic carbocycles. The summed E-state index contributed by atoms with van der Waals surface area (Å²) in [5.74, 6) is 0.0336. The van der Waals surface area contributed by atoms with Crippen LogP contribution >= 0.6 is 22.9 Å². The summed E-state index contributed by atoms with van der Waals surface area (Å²) < 4.78 is 19.9. The van der Waals surface area contributed by atoms with Crippen molar-refractivity contribution in [3.05, 3.63) is 58.2 Å². The molecule has 0 atom stereocenters. The van der Waals surface area contributed by atoms with Crippen LogP contribution in [0.3, 0.4) is 0 Å². The van der Waals surface area contributed by atoms with Crippen LogP contribution < -0.4 is 9.64 Å². The lowest BCUT2D eigenvalue weighted by molar-refractivity contribution is 0.0749. The molecule has 0 radical (unpaired) electrons. The van der Waals surface area contributed by atoms with Crippen LogP contribution in [0.1, 0.15) is 9.67 Å². The molecule has 1 aliphatic heterocycles. The zero-order valence-corrected chi connectivity index (χ0v) is 16.3. The predicted octanol–water partition coefficient (Wildman–Crippen LogP) is 4.66. The monoisotopic (exact) mass is 404 g/mol. The van der Waals surface area contributed by atoms with Crippen LogP contribution in [0.25, 0.3) is 10.1 Å². The maximum absolute atomic E-state index is 13.6. The summed E-state index contributed by atoms with van der Waals surface area (Å²) in [6, 6.07) is 12.2. The average Bonchev–Trinajstić information content (AvgIpc) is 3.05. The topological polar surface area (TPSA) is 32.8 Å². The number of amides is 1. The minimum atomic E-state index is -0.342. The molecule has 1 saturated heterocycles.